The van der Waals surface area contributed by atoms with Crippen LogP contribution < -0.4 is 14.8 Å². The highest BCUT2D eigenvalue weighted by atomic mass is 16.5. The Morgan fingerprint density at radius 3 is 2.10 bits per heavy atom. The average Bonchev–Trinajstić information content (AvgIpc) is 2.84. The van der Waals surface area contributed by atoms with E-state index in [0.717, 1.165) is 16.9 Å². The number of hydrogen-bond donors (Lipinski definition) is 1. The van der Waals surface area contributed by atoms with Crippen molar-refractivity contribution >= 4 is 5.91 Å². The number of pyridine rings is 1. The fourth-order valence-corrected chi connectivity index (χ4v) is 3.23. The van der Waals surface area contributed by atoms with Crippen LogP contribution in [-0.2, 0) is 0 Å². The molecule has 154 valence electrons. The Kier molecular flexibility index (Phi) is 6.24. The first-order valence-corrected chi connectivity index (χ1v) is 9.90. The summed E-state index contributed by atoms with van der Waals surface area (Å²) >= 11 is 0. The molecule has 1 unspecified atom stereocenters. The fraction of sp³-hybridized carbons (Fsp3) is 0.0769. The van der Waals surface area contributed by atoms with Crippen molar-refractivity contribution in [1.82, 2.24) is 10.3 Å². The zero-order valence-corrected chi connectivity index (χ0v) is 17.1. The van der Waals surface area contributed by atoms with Crippen LogP contribution in [0.2, 0.25) is 0 Å². The van der Waals surface area contributed by atoms with E-state index in [1.54, 1.807) is 49.8 Å². The van der Waals surface area contributed by atoms with E-state index in [1.165, 1.54) is 0 Å². The average molecular weight is 410 g/mol. The second kappa shape index (κ2) is 9.59. The maximum atomic E-state index is 13.0. The molecule has 1 amide bonds. The zero-order valence-electron chi connectivity index (χ0n) is 17.1. The minimum atomic E-state index is -0.286. The van der Waals surface area contributed by atoms with Crippen molar-refractivity contribution < 1.29 is 14.3 Å². The molecular weight excluding hydrogens is 388 g/mol. The number of aromatic nitrogens is 1. The van der Waals surface area contributed by atoms with E-state index < -0.39 is 0 Å². The molecule has 0 saturated heterocycles. The van der Waals surface area contributed by atoms with Crippen LogP contribution in [0.4, 0.5) is 0 Å². The number of hydrogen-bond acceptors (Lipinski definition) is 4. The molecule has 1 aromatic heterocycles. The SMILES string of the molecule is COc1ccc(C(NC(=O)c2ccc(Oc3cccnc3)cc2)c2ccccc2)cc1. The maximum Gasteiger partial charge on any atom is 0.252 e. The van der Waals surface area contributed by atoms with Gasteiger partial charge >= 0.3 is 0 Å². The van der Waals surface area contributed by atoms with Crippen LogP contribution in [0.15, 0.2) is 103 Å². The number of ether oxygens (including phenoxy) is 2. The van der Waals surface area contributed by atoms with Crippen LogP contribution in [0.3, 0.4) is 0 Å². The van der Waals surface area contributed by atoms with Gasteiger partial charge in [0, 0.05) is 11.8 Å². The lowest BCUT2D eigenvalue weighted by Gasteiger charge is -2.20. The number of rotatable bonds is 7. The minimum absolute atomic E-state index is 0.169. The van der Waals surface area contributed by atoms with Gasteiger partial charge in [-0.2, -0.15) is 0 Å². The molecule has 3 aromatic carbocycles. The van der Waals surface area contributed by atoms with Gasteiger partial charge in [-0.3, -0.25) is 9.78 Å². The normalized spacial score (nSPS) is 11.4. The Balaban J connectivity index is 1.53. The van der Waals surface area contributed by atoms with Gasteiger partial charge in [0.1, 0.15) is 17.2 Å². The van der Waals surface area contributed by atoms with Gasteiger partial charge in [-0.1, -0.05) is 42.5 Å². The lowest BCUT2D eigenvalue weighted by molar-refractivity contribution is 0.0943. The summed E-state index contributed by atoms with van der Waals surface area (Å²) < 4.78 is 11.0. The number of carbonyl (C=O) groups excluding carboxylic acids is 1. The molecule has 5 heteroatoms. The Morgan fingerprint density at radius 1 is 0.774 bits per heavy atom. The lowest BCUT2D eigenvalue weighted by Crippen LogP contribution is -2.29. The molecular formula is C26H22N2O3. The quantitative estimate of drug-likeness (QED) is 0.443. The monoisotopic (exact) mass is 410 g/mol. The van der Waals surface area contributed by atoms with Gasteiger partial charge in [0.15, 0.2) is 0 Å². The van der Waals surface area contributed by atoms with Crippen LogP contribution >= 0.6 is 0 Å². The summed E-state index contributed by atoms with van der Waals surface area (Å²) in [6.07, 6.45) is 3.33. The molecule has 0 spiro atoms. The number of nitrogens with zero attached hydrogens (tertiary/aromatic N) is 1. The standard InChI is InChI=1S/C26H22N2O3/c1-30-22-13-9-20(10-14-22)25(19-6-3-2-4-7-19)28-26(29)21-11-15-23(16-12-21)31-24-8-5-17-27-18-24/h2-18,25H,1H3,(H,28,29). The van der Waals surface area contributed by atoms with Gasteiger partial charge < -0.3 is 14.8 Å². The lowest BCUT2D eigenvalue weighted by atomic mass is 9.98. The molecule has 31 heavy (non-hydrogen) atoms. The fourth-order valence-electron chi connectivity index (χ4n) is 3.23. The highest BCUT2D eigenvalue weighted by Gasteiger charge is 2.18. The summed E-state index contributed by atoms with van der Waals surface area (Å²) in [6.45, 7) is 0. The second-order valence-electron chi connectivity index (χ2n) is 6.91. The van der Waals surface area contributed by atoms with Crippen molar-refractivity contribution in [1.29, 1.82) is 0 Å². The number of methoxy groups -OCH3 is 1. The van der Waals surface area contributed by atoms with Gasteiger partial charge in [0.25, 0.3) is 5.91 Å². The molecule has 1 N–H and O–H groups in total. The molecule has 0 bridgehead atoms. The Hall–Kier alpha value is -4.12. The summed E-state index contributed by atoms with van der Waals surface area (Å²) in [5.74, 6) is 1.88. The molecule has 4 rings (SSSR count). The molecule has 4 aromatic rings. The first kappa shape index (κ1) is 20.2. The first-order valence-electron chi connectivity index (χ1n) is 9.90. The van der Waals surface area contributed by atoms with Crippen molar-refractivity contribution in [3.8, 4) is 17.2 Å². The van der Waals surface area contributed by atoms with Crippen LogP contribution in [0.5, 0.6) is 17.2 Å². The van der Waals surface area contributed by atoms with Crippen molar-refractivity contribution in [3.05, 3.63) is 120 Å². The third-order valence-electron chi connectivity index (χ3n) is 4.84. The van der Waals surface area contributed by atoms with Gasteiger partial charge in [-0.25, -0.2) is 0 Å². The Morgan fingerprint density at radius 2 is 1.45 bits per heavy atom. The number of nitrogens with one attached hydrogen (secondary N) is 1. The van der Waals surface area contributed by atoms with Gasteiger partial charge in [0.2, 0.25) is 0 Å². The van der Waals surface area contributed by atoms with Crippen LogP contribution in [-0.4, -0.2) is 18.0 Å². The van der Waals surface area contributed by atoms with E-state index in [-0.39, 0.29) is 11.9 Å². The molecule has 0 aliphatic rings. The largest absolute Gasteiger partial charge is 0.497 e. The van der Waals surface area contributed by atoms with Gasteiger partial charge in [-0.15, -0.1) is 0 Å². The molecule has 0 aliphatic heterocycles. The molecule has 0 aliphatic carbocycles. The third kappa shape index (κ3) is 5.08. The summed E-state index contributed by atoms with van der Waals surface area (Å²) in [7, 11) is 1.63. The van der Waals surface area contributed by atoms with E-state index in [1.807, 2.05) is 60.7 Å². The van der Waals surface area contributed by atoms with E-state index in [9.17, 15) is 4.79 Å². The molecule has 1 heterocycles. The first-order chi connectivity index (χ1) is 15.2. The van der Waals surface area contributed by atoms with E-state index in [2.05, 4.69) is 10.3 Å². The second-order valence-corrected chi connectivity index (χ2v) is 6.91. The van der Waals surface area contributed by atoms with Gasteiger partial charge in [-0.05, 0) is 59.7 Å². The van der Waals surface area contributed by atoms with Crippen molar-refractivity contribution in [3.63, 3.8) is 0 Å². The number of carbonyl (C=O) groups is 1. The molecule has 0 saturated carbocycles. The Labute approximate surface area is 181 Å². The topological polar surface area (TPSA) is 60.5 Å². The van der Waals surface area contributed by atoms with Crippen molar-refractivity contribution in [2.75, 3.05) is 7.11 Å². The molecule has 0 fully saturated rings. The highest BCUT2D eigenvalue weighted by molar-refractivity contribution is 5.94. The van der Waals surface area contributed by atoms with Crippen LogP contribution in [0.25, 0.3) is 0 Å². The number of amides is 1. The summed E-state index contributed by atoms with van der Waals surface area (Å²) in [5, 5.41) is 3.14. The molecule has 5 nitrogen and oxygen atoms in total. The zero-order chi connectivity index (χ0) is 21.5. The van der Waals surface area contributed by atoms with Crippen LogP contribution in [0, 0.1) is 0 Å². The summed E-state index contributed by atoms with van der Waals surface area (Å²) in [4.78, 5) is 17.0. The minimum Gasteiger partial charge on any atom is -0.497 e. The Bertz CT molecular complexity index is 1110. The van der Waals surface area contributed by atoms with E-state index in [0.29, 0.717) is 17.1 Å². The summed E-state index contributed by atoms with van der Waals surface area (Å²) in [5.41, 5.74) is 2.52. The number of benzene rings is 3. The van der Waals surface area contributed by atoms with Crippen molar-refractivity contribution in [2.24, 2.45) is 0 Å². The predicted molar refractivity (Wildman–Crippen MR) is 119 cm³/mol. The van der Waals surface area contributed by atoms with Gasteiger partial charge in [0.05, 0.1) is 19.3 Å². The third-order valence-corrected chi connectivity index (χ3v) is 4.84. The summed E-state index contributed by atoms with van der Waals surface area (Å²) in [6, 6.07) is 28.0. The maximum absolute atomic E-state index is 13.0. The van der Waals surface area contributed by atoms with E-state index >= 15 is 0 Å². The van der Waals surface area contributed by atoms with Crippen molar-refractivity contribution in [2.45, 2.75) is 6.04 Å². The smallest absolute Gasteiger partial charge is 0.252 e. The van der Waals surface area contributed by atoms with Crippen LogP contribution in [0.1, 0.15) is 27.5 Å². The van der Waals surface area contributed by atoms with E-state index in [4.69, 9.17) is 9.47 Å². The molecule has 1 atom stereocenters. The predicted octanol–water partition coefficient (Wildman–Crippen LogP) is 5.40. The highest BCUT2D eigenvalue weighted by Crippen LogP contribution is 2.25. The molecule has 0 radical (unpaired) electrons.